The van der Waals surface area contributed by atoms with Crippen LogP contribution in [0.4, 0.5) is 0 Å². The van der Waals surface area contributed by atoms with Gasteiger partial charge < -0.3 is 19.5 Å². The predicted molar refractivity (Wildman–Crippen MR) is 110 cm³/mol. The summed E-state index contributed by atoms with van der Waals surface area (Å²) in [6.45, 7) is 2.69. The summed E-state index contributed by atoms with van der Waals surface area (Å²) in [5, 5.41) is 5.10. The minimum atomic E-state index is -0.544. The highest BCUT2D eigenvalue weighted by molar-refractivity contribution is 5.84. The number of carbonyl (C=O) groups is 1. The molecule has 0 unspecified atom stereocenters. The van der Waals surface area contributed by atoms with Crippen LogP contribution < -0.4 is 19.5 Å². The van der Waals surface area contributed by atoms with E-state index in [1.54, 1.807) is 13.2 Å². The van der Waals surface area contributed by atoms with Crippen molar-refractivity contribution in [2.45, 2.75) is 19.4 Å². The summed E-state index contributed by atoms with van der Waals surface area (Å²) in [4.78, 5) is 12.4. The van der Waals surface area contributed by atoms with Crippen molar-refractivity contribution >= 4 is 16.7 Å². The van der Waals surface area contributed by atoms with Crippen molar-refractivity contribution in [3.05, 3.63) is 66.7 Å². The Morgan fingerprint density at radius 1 is 0.929 bits per heavy atom. The van der Waals surface area contributed by atoms with E-state index in [-0.39, 0.29) is 5.91 Å². The molecule has 146 valence electrons. The van der Waals surface area contributed by atoms with Gasteiger partial charge in [-0.1, -0.05) is 43.3 Å². The average molecular weight is 379 g/mol. The molecule has 3 aromatic rings. The number of hydrogen-bond donors (Lipinski definition) is 1. The van der Waals surface area contributed by atoms with Crippen molar-refractivity contribution in [1.82, 2.24) is 5.32 Å². The molecule has 0 aromatic heterocycles. The lowest BCUT2D eigenvalue weighted by Gasteiger charge is -2.18. The zero-order chi connectivity index (χ0) is 19.8. The SMILES string of the molecule is CC[C@@H](Oc1ccc2ccccc2c1)C(=O)NCCOc1cccc(OC)c1. The molecule has 0 saturated heterocycles. The Morgan fingerprint density at radius 3 is 2.50 bits per heavy atom. The molecule has 3 rings (SSSR count). The number of methoxy groups -OCH3 is 1. The molecule has 0 spiro atoms. The van der Waals surface area contributed by atoms with Crippen LogP contribution >= 0.6 is 0 Å². The first-order valence-corrected chi connectivity index (χ1v) is 9.39. The van der Waals surface area contributed by atoms with Crippen LogP contribution in [0.2, 0.25) is 0 Å². The monoisotopic (exact) mass is 379 g/mol. The summed E-state index contributed by atoms with van der Waals surface area (Å²) < 4.78 is 16.7. The third-order valence-electron chi connectivity index (χ3n) is 4.37. The highest BCUT2D eigenvalue weighted by Gasteiger charge is 2.18. The van der Waals surface area contributed by atoms with Gasteiger partial charge in [-0.3, -0.25) is 4.79 Å². The number of fused-ring (bicyclic) bond motifs is 1. The van der Waals surface area contributed by atoms with E-state index >= 15 is 0 Å². The largest absolute Gasteiger partial charge is 0.497 e. The molecule has 0 aliphatic heterocycles. The first kappa shape index (κ1) is 19.5. The average Bonchev–Trinajstić information content (AvgIpc) is 2.75. The lowest BCUT2D eigenvalue weighted by Crippen LogP contribution is -2.39. The van der Waals surface area contributed by atoms with Gasteiger partial charge in [-0.2, -0.15) is 0 Å². The quantitative estimate of drug-likeness (QED) is 0.566. The lowest BCUT2D eigenvalue weighted by molar-refractivity contribution is -0.128. The second-order valence-electron chi connectivity index (χ2n) is 6.34. The molecule has 0 aliphatic carbocycles. The first-order valence-electron chi connectivity index (χ1n) is 9.39. The van der Waals surface area contributed by atoms with E-state index in [0.717, 1.165) is 16.5 Å². The summed E-state index contributed by atoms with van der Waals surface area (Å²) in [6.07, 6.45) is 0.0352. The van der Waals surface area contributed by atoms with Gasteiger partial charge in [-0.05, 0) is 41.5 Å². The van der Waals surface area contributed by atoms with Crippen LogP contribution in [0.25, 0.3) is 10.8 Å². The summed E-state index contributed by atoms with van der Waals surface area (Å²) in [5.74, 6) is 1.97. The van der Waals surface area contributed by atoms with Gasteiger partial charge in [-0.15, -0.1) is 0 Å². The Balaban J connectivity index is 1.50. The fourth-order valence-corrected chi connectivity index (χ4v) is 2.88. The molecule has 0 heterocycles. The molecule has 0 aliphatic rings. The summed E-state index contributed by atoms with van der Waals surface area (Å²) >= 11 is 0. The highest BCUT2D eigenvalue weighted by Crippen LogP contribution is 2.22. The Hall–Kier alpha value is -3.21. The molecule has 0 bridgehead atoms. The number of rotatable bonds is 9. The third kappa shape index (κ3) is 5.16. The smallest absolute Gasteiger partial charge is 0.261 e. The highest BCUT2D eigenvalue weighted by atomic mass is 16.5. The van der Waals surface area contributed by atoms with Crippen molar-refractivity contribution in [3.8, 4) is 17.2 Å². The normalized spacial score (nSPS) is 11.6. The molecule has 0 fully saturated rings. The topological polar surface area (TPSA) is 56.8 Å². The van der Waals surface area contributed by atoms with Gasteiger partial charge in [0.15, 0.2) is 6.10 Å². The standard InChI is InChI=1S/C23H25NO4/c1-3-22(28-21-12-11-17-7-4-5-8-18(17)15-21)23(25)24-13-14-27-20-10-6-9-19(16-20)26-2/h4-12,15-16,22H,3,13-14H2,1-2H3,(H,24,25)/t22-/m1/s1. The van der Waals surface area contributed by atoms with Gasteiger partial charge in [0.25, 0.3) is 5.91 Å². The van der Waals surface area contributed by atoms with E-state index in [1.807, 2.05) is 67.6 Å². The molecule has 1 amide bonds. The van der Waals surface area contributed by atoms with Crippen LogP contribution in [0.3, 0.4) is 0 Å². The molecule has 28 heavy (non-hydrogen) atoms. The van der Waals surface area contributed by atoms with Gasteiger partial charge in [0.2, 0.25) is 0 Å². The van der Waals surface area contributed by atoms with Crippen molar-refractivity contribution < 1.29 is 19.0 Å². The zero-order valence-corrected chi connectivity index (χ0v) is 16.2. The zero-order valence-electron chi connectivity index (χ0n) is 16.2. The van der Waals surface area contributed by atoms with E-state index in [4.69, 9.17) is 14.2 Å². The number of nitrogens with one attached hydrogen (secondary N) is 1. The van der Waals surface area contributed by atoms with Crippen LogP contribution in [0.1, 0.15) is 13.3 Å². The molecule has 5 nitrogen and oxygen atoms in total. The second kappa shape index (κ2) is 9.65. The molecule has 3 aromatic carbocycles. The Kier molecular flexibility index (Phi) is 6.73. The van der Waals surface area contributed by atoms with E-state index in [9.17, 15) is 4.79 Å². The number of benzene rings is 3. The molecule has 1 N–H and O–H groups in total. The van der Waals surface area contributed by atoms with Gasteiger partial charge >= 0.3 is 0 Å². The Bertz CT molecular complexity index is 925. The minimum absolute atomic E-state index is 0.148. The fourth-order valence-electron chi connectivity index (χ4n) is 2.88. The lowest BCUT2D eigenvalue weighted by atomic mass is 10.1. The van der Waals surface area contributed by atoms with Gasteiger partial charge in [0, 0.05) is 6.07 Å². The van der Waals surface area contributed by atoms with Crippen LogP contribution in [0, 0.1) is 0 Å². The maximum absolute atomic E-state index is 12.4. The van der Waals surface area contributed by atoms with Crippen LogP contribution in [-0.4, -0.2) is 32.3 Å². The van der Waals surface area contributed by atoms with Gasteiger partial charge in [-0.25, -0.2) is 0 Å². The third-order valence-corrected chi connectivity index (χ3v) is 4.37. The molecular weight excluding hydrogens is 354 g/mol. The Morgan fingerprint density at radius 2 is 1.71 bits per heavy atom. The van der Waals surface area contributed by atoms with E-state index < -0.39 is 6.10 Å². The molecule has 5 heteroatoms. The van der Waals surface area contributed by atoms with Crippen molar-refractivity contribution in [3.63, 3.8) is 0 Å². The summed E-state index contributed by atoms with van der Waals surface area (Å²) in [7, 11) is 1.61. The summed E-state index contributed by atoms with van der Waals surface area (Å²) in [5.41, 5.74) is 0. The van der Waals surface area contributed by atoms with E-state index in [2.05, 4.69) is 5.32 Å². The number of hydrogen-bond acceptors (Lipinski definition) is 4. The number of ether oxygens (including phenoxy) is 3. The number of carbonyl (C=O) groups excluding carboxylic acids is 1. The maximum atomic E-state index is 12.4. The van der Waals surface area contributed by atoms with Crippen molar-refractivity contribution in [2.75, 3.05) is 20.3 Å². The molecule has 1 atom stereocenters. The second-order valence-corrected chi connectivity index (χ2v) is 6.34. The van der Waals surface area contributed by atoms with E-state index in [0.29, 0.717) is 31.1 Å². The van der Waals surface area contributed by atoms with Crippen LogP contribution in [-0.2, 0) is 4.79 Å². The van der Waals surface area contributed by atoms with Crippen LogP contribution in [0.5, 0.6) is 17.2 Å². The van der Waals surface area contributed by atoms with Crippen LogP contribution in [0.15, 0.2) is 66.7 Å². The Labute approximate surface area is 165 Å². The van der Waals surface area contributed by atoms with Crippen molar-refractivity contribution in [2.24, 2.45) is 0 Å². The minimum Gasteiger partial charge on any atom is -0.497 e. The predicted octanol–water partition coefficient (Wildman–Crippen LogP) is 4.20. The first-order chi connectivity index (χ1) is 13.7. The molecule has 0 saturated carbocycles. The number of amides is 1. The van der Waals surface area contributed by atoms with Gasteiger partial charge in [0.1, 0.15) is 23.9 Å². The molecular formula is C23H25NO4. The molecule has 0 radical (unpaired) electrons. The van der Waals surface area contributed by atoms with Crippen molar-refractivity contribution in [1.29, 1.82) is 0 Å². The van der Waals surface area contributed by atoms with E-state index in [1.165, 1.54) is 0 Å². The summed E-state index contributed by atoms with van der Waals surface area (Å²) in [6, 6.07) is 21.3. The van der Waals surface area contributed by atoms with Gasteiger partial charge in [0.05, 0.1) is 13.7 Å². The maximum Gasteiger partial charge on any atom is 0.261 e. The fraction of sp³-hybridized carbons (Fsp3) is 0.261.